The molecule has 7 nitrogen and oxygen atoms in total. The van der Waals surface area contributed by atoms with Crippen LogP contribution in [-0.4, -0.2) is 33.2 Å². The van der Waals surface area contributed by atoms with Crippen LogP contribution < -0.4 is 14.8 Å². The first kappa shape index (κ1) is 22.9. The number of hydrogen-bond acceptors (Lipinski definition) is 5. The summed E-state index contributed by atoms with van der Waals surface area (Å²) in [6, 6.07) is 12.2. The van der Waals surface area contributed by atoms with E-state index in [-0.39, 0.29) is 40.8 Å². The maximum atomic E-state index is 13.8. The van der Waals surface area contributed by atoms with Crippen LogP contribution in [0.1, 0.15) is 31.8 Å². The fraction of sp³-hybridized carbons (Fsp3) is 0.174. The number of benzene rings is 2. The van der Waals surface area contributed by atoms with E-state index in [9.17, 15) is 18.2 Å². The molecule has 4 rings (SSSR count). The highest BCUT2D eigenvalue weighted by Crippen LogP contribution is 2.29. The van der Waals surface area contributed by atoms with Crippen molar-refractivity contribution >= 4 is 40.0 Å². The number of methoxy groups -OCH3 is 1. The van der Waals surface area contributed by atoms with Gasteiger partial charge in [0.15, 0.2) is 5.78 Å². The van der Waals surface area contributed by atoms with Gasteiger partial charge in [-0.25, -0.2) is 13.6 Å². The Hall–Kier alpha value is -3.30. The number of aromatic nitrogens is 1. The first-order valence-electron chi connectivity index (χ1n) is 9.92. The molecule has 0 saturated heterocycles. The minimum absolute atomic E-state index is 0.0285. The molecular formula is C23H19ClFN3O4S. The minimum atomic E-state index is -1.70. The summed E-state index contributed by atoms with van der Waals surface area (Å²) in [5.74, 6) is -0.926. The Morgan fingerprint density at radius 1 is 1.21 bits per heavy atom. The van der Waals surface area contributed by atoms with Gasteiger partial charge >= 0.3 is 0 Å². The lowest BCUT2D eigenvalue weighted by Gasteiger charge is -2.24. The number of carbonyl (C=O) groups is 2. The molecule has 0 spiro atoms. The van der Waals surface area contributed by atoms with Crippen molar-refractivity contribution in [1.82, 2.24) is 10.3 Å². The third-order valence-corrected chi connectivity index (χ3v) is 6.80. The number of nitrogens with zero attached hydrogens (tertiary/aromatic N) is 1. The van der Waals surface area contributed by atoms with Crippen LogP contribution in [0.15, 0.2) is 54.7 Å². The van der Waals surface area contributed by atoms with Crippen molar-refractivity contribution in [3.8, 4) is 5.88 Å². The molecule has 2 atom stereocenters. The lowest BCUT2D eigenvalue weighted by molar-refractivity contribution is 0.0951. The van der Waals surface area contributed by atoms with E-state index in [4.69, 9.17) is 16.3 Å². The highest BCUT2D eigenvalue weighted by Gasteiger charge is 2.34. The quantitative estimate of drug-likeness (QED) is 0.552. The zero-order valence-corrected chi connectivity index (χ0v) is 19.0. The Morgan fingerprint density at radius 2 is 2.03 bits per heavy atom. The van der Waals surface area contributed by atoms with E-state index >= 15 is 0 Å². The molecule has 0 aliphatic carbocycles. The monoisotopic (exact) mass is 487 g/mol. The van der Waals surface area contributed by atoms with Crippen molar-refractivity contribution in [3.63, 3.8) is 0 Å². The Labute approximate surface area is 196 Å². The molecule has 1 aliphatic heterocycles. The van der Waals surface area contributed by atoms with E-state index in [2.05, 4.69) is 15.0 Å². The van der Waals surface area contributed by atoms with Gasteiger partial charge in [-0.05, 0) is 53.9 Å². The topological polar surface area (TPSA) is 97.4 Å². The van der Waals surface area contributed by atoms with Gasteiger partial charge in [-0.3, -0.25) is 9.59 Å². The largest absolute Gasteiger partial charge is 0.481 e. The zero-order valence-electron chi connectivity index (χ0n) is 17.4. The van der Waals surface area contributed by atoms with Gasteiger partial charge in [0.05, 0.1) is 17.8 Å². The Morgan fingerprint density at radius 3 is 2.79 bits per heavy atom. The van der Waals surface area contributed by atoms with Crippen molar-refractivity contribution < 1.29 is 22.9 Å². The molecule has 0 fully saturated rings. The van der Waals surface area contributed by atoms with Crippen LogP contribution in [0.4, 0.5) is 10.1 Å². The molecule has 2 unspecified atom stereocenters. The average Bonchev–Trinajstić information content (AvgIpc) is 2.82. The standard InChI is InChI=1S/C23H19ClFN3O4S/c1-32-21-10-14(6-7-26-21)12-27-23(30)15-3-5-19-16(11-15)22(29)20(33(31)28-19)9-13-2-4-17(24)18(25)8-13/h2-8,10-11,20,28H,9,12H2,1H3,(H,27,30). The van der Waals surface area contributed by atoms with Gasteiger partial charge in [0, 0.05) is 29.9 Å². The lowest BCUT2D eigenvalue weighted by Crippen LogP contribution is -2.37. The first-order valence-corrected chi connectivity index (χ1v) is 11.5. The number of nitrogens with one attached hydrogen (secondary N) is 2. The number of anilines is 1. The molecule has 170 valence electrons. The molecule has 0 saturated carbocycles. The number of rotatable bonds is 6. The van der Waals surface area contributed by atoms with Crippen LogP contribution in [0, 0.1) is 5.82 Å². The third-order valence-electron chi connectivity index (χ3n) is 5.18. The second kappa shape index (κ2) is 9.68. The smallest absolute Gasteiger partial charge is 0.251 e. The van der Waals surface area contributed by atoms with Crippen LogP contribution in [-0.2, 0) is 24.0 Å². The second-order valence-electron chi connectivity index (χ2n) is 7.35. The number of ether oxygens (including phenoxy) is 1. The predicted octanol–water partition coefficient (Wildman–Crippen LogP) is 3.70. The molecule has 1 aromatic heterocycles. The number of Topliss-reactive ketones (excluding diaryl/α,β-unsaturated/α-hetero) is 1. The van der Waals surface area contributed by atoms with E-state index in [1.54, 1.807) is 36.5 Å². The lowest BCUT2D eigenvalue weighted by atomic mass is 9.98. The van der Waals surface area contributed by atoms with Crippen LogP contribution in [0.3, 0.4) is 0 Å². The number of ketones is 1. The average molecular weight is 488 g/mol. The summed E-state index contributed by atoms with van der Waals surface area (Å²) in [5, 5.41) is 1.83. The minimum Gasteiger partial charge on any atom is -0.481 e. The maximum Gasteiger partial charge on any atom is 0.251 e. The van der Waals surface area contributed by atoms with Crippen LogP contribution in [0.2, 0.25) is 5.02 Å². The van der Waals surface area contributed by atoms with Crippen molar-refractivity contribution in [1.29, 1.82) is 0 Å². The Balaban J connectivity index is 1.51. The molecule has 0 bridgehead atoms. The summed E-state index contributed by atoms with van der Waals surface area (Å²) < 4.78 is 34.3. The van der Waals surface area contributed by atoms with Crippen molar-refractivity contribution in [3.05, 3.63) is 87.8 Å². The van der Waals surface area contributed by atoms with E-state index in [1.807, 2.05) is 0 Å². The van der Waals surface area contributed by atoms with Gasteiger partial charge in [-0.1, -0.05) is 17.7 Å². The van der Waals surface area contributed by atoms with Crippen LogP contribution >= 0.6 is 11.6 Å². The summed E-state index contributed by atoms with van der Waals surface area (Å²) >= 11 is 5.71. The fourth-order valence-corrected chi connectivity index (χ4v) is 4.75. The van der Waals surface area contributed by atoms with E-state index < -0.39 is 22.1 Å². The van der Waals surface area contributed by atoms with Crippen LogP contribution in [0.5, 0.6) is 5.88 Å². The van der Waals surface area contributed by atoms with E-state index in [1.165, 1.54) is 25.3 Å². The Bertz CT molecular complexity index is 1270. The fourth-order valence-electron chi connectivity index (χ4n) is 3.43. The first-order chi connectivity index (χ1) is 15.9. The molecule has 10 heteroatoms. The normalized spacial score (nSPS) is 17.1. The van der Waals surface area contributed by atoms with Gasteiger partial charge in [0.2, 0.25) is 5.88 Å². The molecule has 0 radical (unpaired) electrons. The van der Waals surface area contributed by atoms with E-state index in [0.29, 0.717) is 17.1 Å². The molecule has 1 amide bonds. The van der Waals surface area contributed by atoms with Gasteiger partial charge in [0.25, 0.3) is 5.91 Å². The van der Waals surface area contributed by atoms with Gasteiger partial charge in [-0.15, -0.1) is 0 Å². The van der Waals surface area contributed by atoms with Gasteiger partial charge in [0.1, 0.15) is 22.1 Å². The summed E-state index contributed by atoms with van der Waals surface area (Å²) in [5.41, 5.74) is 2.22. The molecule has 33 heavy (non-hydrogen) atoms. The van der Waals surface area contributed by atoms with Crippen molar-refractivity contribution in [2.24, 2.45) is 0 Å². The number of fused-ring (bicyclic) bond motifs is 1. The summed E-state index contributed by atoms with van der Waals surface area (Å²) in [6.45, 7) is 0.246. The second-order valence-corrected chi connectivity index (χ2v) is 9.13. The summed E-state index contributed by atoms with van der Waals surface area (Å²) in [6.07, 6.45) is 1.64. The number of halogens is 2. The molecule has 2 aromatic carbocycles. The van der Waals surface area contributed by atoms with E-state index in [0.717, 1.165) is 5.56 Å². The van der Waals surface area contributed by atoms with Crippen molar-refractivity contribution in [2.75, 3.05) is 11.8 Å². The SMILES string of the molecule is COc1cc(CNC(=O)c2ccc3c(c2)C(=O)C(Cc2ccc(Cl)c(F)c2)S(=O)N3)ccn1. The van der Waals surface area contributed by atoms with Gasteiger partial charge < -0.3 is 14.8 Å². The van der Waals surface area contributed by atoms with Crippen molar-refractivity contribution in [2.45, 2.75) is 18.2 Å². The number of pyridine rings is 1. The molecular weight excluding hydrogens is 469 g/mol. The summed E-state index contributed by atoms with van der Waals surface area (Å²) in [4.78, 5) is 29.8. The number of amides is 1. The molecule has 2 N–H and O–H groups in total. The zero-order chi connectivity index (χ0) is 23.5. The Kier molecular flexibility index (Phi) is 6.71. The number of carbonyl (C=O) groups excluding carboxylic acids is 2. The highest BCUT2D eigenvalue weighted by molar-refractivity contribution is 7.88. The molecule has 1 aliphatic rings. The van der Waals surface area contributed by atoms with Gasteiger partial charge in [-0.2, -0.15) is 0 Å². The maximum absolute atomic E-state index is 13.8. The van der Waals surface area contributed by atoms with Crippen LogP contribution in [0.25, 0.3) is 0 Å². The predicted molar refractivity (Wildman–Crippen MR) is 123 cm³/mol. The molecule has 3 aromatic rings. The highest BCUT2D eigenvalue weighted by atomic mass is 35.5. The summed E-state index contributed by atoms with van der Waals surface area (Å²) in [7, 11) is -0.198. The third kappa shape index (κ3) is 5.04. The molecule has 2 heterocycles. The number of hydrogen-bond donors (Lipinski definition) is 2.